The number of benzene rings is 2. The zero-order valence-electron chi connectivity index (χ0n) is 12.9. The van der Waals surface area contributed by atoms with Crippen molar-refractivity contribution >= 4 is 38.8 Å². The van der Waals surface area contributed by atoms with E-state index in [1.54, 1.807) is 31.2 Å². The molecule has 122 valence electrons. The second-order valence-electron chi connectivity index (χ2n) is 5.15. The fraction of sp³-hybridized carbons (Fsp3) is 0.118. The van der Waals surface area contributed by atoms with Gasteiger partial charge in [-0.05, 0) is 31.2 Å². The van der Waals surface area contributed by atoms with Crippen LogP contribution in [0.25, 0.3) is 10.2 Å². The standard InChI is InChI=1S/C17H16N4O2S/c1-11(19-17-20-13-7-3-5-9-15(13)24-17)16(23)21-18-10-12-6-2-4-8-14(12)22/h2-11,22H,1H3,(H,19,20)(H,21,23)/b18-10+/t11-/m0/s1. The van der Waals surface area contributed by atoms with Crippen molar-refractivity contribution in [2.45, 2.75) is 13.0 Å². The van der Waals surface area contributed by atoms with Crippen molar-refractivity contribution in [1.82, 2.24) is 10.4 Å². The maximum Gasteiger partial charge on any atom is 0.262 e. The number of hydrogen-bond donors (Lipinski definition) is 3. The molecule has 0 spiro atoms. The molecule has 6 nitrogen and oxygen atoms in total. The Morgan fingerprint density at radius 3 is 2.79 bits per heavy atom. The van der Waals surface area contributed by atoms with E-state index in [2.05, 4.69) is 20.8 Å². The topological polar surface area (TPSA) is 86.6 Å². The number of hydrogen-bond acceptors (Lipinski definition) is 6. The van der Waals surface area contributed by atoms with Gasteiger partial charge in [-0.25, -0.2) is 10.4 Å². The van der Waals surface area contributed by atoms with Gasteiger partial charge < -0.3 is 10.4 Å². The number of fused-ring (bicyclic) bond motifs is 1. The first-order chi connectivity index (χ1) is 11.6. The van der Waals surface area contributed by atoms with Crippen molar-refractivity contribution in [3.8, 4) is 5.75 Å². The number of carbonyl (C=O) groups excluding carboxylic acids is 1. The molecule has 1 aromatic heterocycles. The van der Waals surface area contributed by atoms with Crippen molar-refractivity contribution in [2.75, 3.05) is 5.32 Å². The number of aromatic nitrogens is 1. The van der Waals surface area contributed by atoms with Gasteiger partial charge in [-0.15, -0.1) is 0 Å². The minimum atomic E-state index is -0.493. The molecule has 2 aromatic carbocycles. The molecule has 24 heavy (non-hydrogen) atoms. The normalized spacial score (nSPS) is 12.4. The summed E-state index contributed by atoms with van der Waals surface area (Å²) in [4.78, 5) is 16.5. The molecule has 3 aromatic rings. The van der Waals surface area contributed by atoms with E-state index in [4.69, 9.17) is 0 Å². The SMILES string of the molecule is C[C@H](Nc1nc2ccccc2s1)C(=O)N/N=C/c1ccccc1O. The molecule has 0 aliphatic carbocycles. The number of aromatic hydroxyl groups is 1. The molecule has 0 aliphatic heterocycles. The number of amides is 1. The van der Waals surface area contributed by atoms with Crippen LogP contribution < -0.4 is 10.7 Å². The minimum Gasteiger partial charge on any atom is -0.507 e. The summed E-state index contributed by atoms with van der Waals surface area (Å²) in [5.74, 6) is -0.183. The maximum absolute atomic E-state index is 12.1. The van der Waals surface area contributed by atoms with Gasteiger partial charge in [0.15, 0.2) is 5.13 Å². The second-order valence-corrected chi connectivity index (χ2v) is 6.18. The predicted octanol–water partition coefficient (Wildman–Crippen LogP) is 2.95. The first-order valence-corrected chi connectivity index (χ1v) is 8.18. The molecular formula is C17H16N4O2S. The third kappa shape index (κ3) is 3.69. The first kappa shape index (κ1) is 15.9. The minimum absolute atomic E-state index is 0.108. The number of phenolic OH excluding ortho intramolecular Hbond substituents is 1. The lowest BCUT2D eigenvalue weighted by molar-refractivity contribution is -0.121. The molecule has 0 unspecified atom stereocenters. The number of nitrogens with zero attached hydrogens (tertiary/aromatic N) is 2. The van der Waals surface area contributed by atoms with Crippen LogP contribution in [0.4, 0.5) is 5.13 Å². The summed E-state index contributed by atoms with van der Waals surface area (Å²) in [5, 5.41) is 17.2. The zero-order valence-corrected chi connectivity index (χ0v) is 13.7. The molecule has 0 radical (unpaired) electrons. The predicted molar refractivity (Wildman–Crippen MR) is 96.5 cm³/mol. The van der Waals surface area contributed by atoms with Crippen LogP contribution in [-0.2, 0) is 4.79 Å². The Morgan fingerprint density at radius 1 is 1.25 bits per heavy atom. The highest BCUT2D eigenvalue weighted by Gasteiger charge is 2.14. The molecule has 0 fully saturated rings. The smallest absolute Gasteiger partial charge is 0.262 e. The van der Waals surface area contributed by atoms with E-state index in [0.717, 1.165) is 10.2 Å². The number of para-hydroxylation sites is 2. The largest absolute Gasteiger partial charge is 0.507 e. The van der Waals surface area contributed by atoms with E-state index in [0.29, 0.717) is 10.7 Å². The quantitative estimate of drug-likeness (QED) is 0.492. The molecule has 3 rings (SSSR count). The van der Waals surface area contributed by atoms with Crippen molar-refractivity contribution < 1.29 is 9.90 Å². The van der Waals surface area contributed by atoms with Gasteiger partial charge >= 0.3 is 0 Å². The molecule has 7 heteroatoms. The van der Waals surface area contributed by atoms with Crippen LogP contribution in [0.5, 0.6) is 5.75 Å². The second kappa shape index (κ2) is 7.10. The molecule has 1 amide bonds. The fourth-order valence-corrected chi connectivity index (χ4v) is 3.00. The fourth-order valence-electron chi connectivity index (χ4n) is 2.04. The van der Waals surface area contributed by atoms with Crippen molar-refractivity contribution in [2.24, 2.45) is 5.10 Å². The molecule has 1 heterocycles. The van der Waals surface area contributed by atoms with Gasteiger partial charge in [0, 0.05) is 5.56 Å². The first-order valence-electron chi connectivity index (χ1n) is 7.36. The molecule has 3 N–H and O–H groups in total. The molecule has 0 bridgehead atoms. The van der Waals surface area contributed by atoms with Crippen LogP contribution in [0.3, 0.4) is 0 Å². The number of carbonyl (C=O) groups is 1. The van der Waals surface area contributed by atoms with E-state index >= 15 is 0 Å². The summed E-state index contributed by atoms with van der Waals surface area (Å²) in [7, 11) is 0. The third-order valence-electron chi connectivity index (χ3n) is 3.34. The third-order valence-corrected chi connectivity index (χ3v) is 4.31. The Balaban J connectivity index is 1.59. The number of hydrazone groups is 1. The molecular weight excluding hydrogens is 324 g/mol. The molecule has 0 saturated carbocycles. The van der Waals surface area contributed by atoms with E-state index in [1.165, 1.54) is 17.6 Å². The molecule has 0 saturated heterocycles. The van der Waals surface area contributed by atoms with Crippen LogP contribution >= 0.6 is 11.3 Å². The summed E-state index contributed by atoms with van der Waals surface area (Å²) in [6.07, 6.45) is 1.40. The summed E-state index contributed by atoms with van der Waals surface area (Å²) < 4.78 is 1.06. The van der Waals surface area contributed by atoms with Gasteiger partial charge in [-0.1, -0.05) is 35.6 Å². The lowest BCUT2D eigenvalue weighted by Crippen LogP contribution is -2.34. The van der Waals surface area contributed by atoms with E-state index < -0.39 is 6.04 Å². The Morgan fingerprint density at radius 2 is 2.00 bits per heavy atom. The average Bonchev–Trinajstić information content (AvgIpc) is 2.98. The Hall–Kier alpha value is -2.93. The van der Waals surface area contributed by atoms with Crippen molar-refractivity contribution in [3.05, 3.63) is 54.1 Å². The number of rotatable bonds is 5. The van der Waals surface area contributed by atoms with Gasteiger partial charge in [0.1, 0.15) is 11.8 Å². The van der Waals surface area contributed by atoms with Crippen molar-refractivity contribution in [1.29, 1.82) is 0 Å². The highest BCUT2D eigenvalue weighted by molar-refractivity contribution is 7.22. The van der Waals surface area contributed by atoms with Crippen LogP contribution in [0.1, 0.15) is 12.5 Å². The number of anilines is 1. The van der Waals surface area contributed by atoms with Gasteiger partial charge in [-0.3, -0.25) is 4.79 Å². The Bertz CT molecular complexity index is 858. The highest BCUT2D eigenvalue weighted by Crippen LogP contribution is 2.25. The average molecular weight is 340 g/mol. The number of phenols is 1. The Labute approximate surface area is 142 Å². The monoisotopic (exact) mass is 340 g/mol. The van der Waals surface area contributed by atoms with Gasteiger partial charge in [-0.2, -0.15) is 5.10 Å². The zero-order chi connectivity index (χ0) is 16.9. The number of nitrogens with one attached hydrogen (secondary N) is 2. The summed E-state index contributed by atoms with van der Waals surface area (Å²) >= 11 is 1.49. The summed E-state index contributed by atoms with van der Waals surface area (Å²) in [6.45, 7) is 1.73. The van der Waals surface area contributed by atoms with E-state index in [-0.39, 0.29) is 11.7 Å². The highest BCUT2D eigenvalue weighted by atomic mass is 32.1. The van der Waals surface area contributed by atoms with E-state index in [1.807, 2.05) is 24.3 Å². The van der Waals surface area contributed by atoms with Crippen LogP contribution in [0, 0.1) is 0 Å². The lowest BCUT2D eigenvalue weighted by Gasteiger charge is -2.10. The van der Waals surface area contributed by atoms with Crippen LogP contribution in [0.2, 0.25) is 0 Å². The lowest BCUT2D eigenvalue weighted by atomic mass is 10.2. The van der Waals surface area contributed by atoms with Gasteiger partial charge in [0.2, 0.25) is 0 Å². The van der Waals surface area contributed by atoms with Crippen LogP contribution in [-0.4, -0.2) is 28.3 Å². The molecule has 0 aliphatic rings. The van der Waals surface area contributed by atoms with Gasteiger partial charge in [0.25, 0.3) is 5.91 Å². The van der Waals surface area contributed by atoms with Crippen molar-refractivity contribution in [3.63, 3.8) is 0 Å². The Kier molecular flexibility index (Phi) is 4.72. The summed E-state index contributed by atoms with van der Waals surface area (Å²) in [5.41, 5.74) is 3.88. The van der Waals surface area contributed by atoms with Gasteiger partial charge in [0.05, 0.1) is 16.4 Å². The van der Waals surface area contributed by atoms with Crippen LogP contribution in [0.15, 0.2) is 53.6 Å². The summed E-state index contributed by atoms with van der Waals surface area (Å²) in [6, 6.07) is 14.1. The maximum atomic E-state index is 12.1. The number of thiazole rings is 1. The van der Waals surface area contributed by atoms with E-state index in [9.17, 15) is 9.90 Å². The molecule has 1 atom stereocenters.